The largest absolute Gasteiger partial charge is 0.350 e. The van der Waals surface area contributed by atoms with Gasteiger partial charge in [0, 0.05) is 35.8 Å². The third kappa shape index (κ3) is 5.49. The molecule has 1 N–H and O–H groups in total. The maximum absolute atomic E-state index is 12.0. The number of aryl methyl sites for hydroxylation is 1. The van der Waals surface area contributed by atoms with Crippen molar-refractivity contribution in [1.82, 2.24) is 20.1 Å². The molecular formula is C20H19ClN4O2. The second-order valence-corrected chi connectivity index (χ2v) is 6.42. The van der Waals surface area contributed by atoms with E-state index < -0.39 is 0 Å². The van der Waals surface area contributed by atoms with Crippen molar-refractivity contribution >= 4 is 17.5 Å². The first-order valence-electron chi connectivity index (χ1n) is 8.62. The van der Waals surface area contributed by atoms with E-state index in [0.29, 0.717) is 36.6 Å². The molecule has 1 aromatic carbocycles. The van der Waals surface area contributed by atoms with E-state index in [9.17, 15) is 9.59 Å². The molecule has 0 radical (unpaired) electrons. The number of benzene rings is 1. The lowest BCUT2D eigenvalue weighted by Gasteiger charge is -2.08. The lowest BCUT2D eigenvalue weighted by atomic mass is 10.1. The zero-order chi connectivity index (χ0) is 19.1. The Kier molecular flexibility index (Phi) is 6.33. The Morgan fingerprint density at radius 3 is 2.63 bits per heavy atom. The number of carbonyl (C=O) groups is 1. The van der Waals surface area contributed by atoms with Crippen LogP contribution in [-0.2, 0) is 17.9 Å². The molecule has 0 saturated heterocycles. The summed E-state index contributed by atoms with van der Waals surface area (Å²) in [5, 5.41) is 7.85. The van der Waals surface area contributed by atoms with Crippen LogP contribution in [0.4, 0.5) is 0 Å². The highest BCUT2D eigenvalue weighted by atomic mass is 35.5. The number of nitrogens with one attached hydrogen (secondary N) is 1. The van der Waals surface area contributed by atoms with Crippen molar-refractivity contribution in [1.29, 1.82) is 0 Å². The van der Waals surface area contributed by atoms with Crippen LogP contribution in [0.5, 0.6) is 0 Å². The molecule has 27 heavy (non-hydrogen) atoms. The molecule has 0 fully saturated rings. The average molecular weight is 383 g/mol. The van der Waals surface area contributed by atoms with Gasteiger partial charge in [0.15, 0.2) is 0 Å². The highest BCUT2D eigenvalue weighted by Gasteiger charge is 2.06. The monoisotopic (exact) mass is 382 g/mol. The summed E-state index contributed by atoms with van der Waals surface area (Å²) in [4.78, 5) is 28.1. The molecule has 0 aliphatic rings. The molecule has 0 unspecified atom stereocenters. The van der Waals surface area contributed by atoms with Gasteiger partial charge in [-0.15, -0.1) is 0 Å². The fraction of sp³-hybridized carbons (Fsp3) is 0.200. The second kappa shape index (κ2) is 9.09. The molecule has 0 saturated carbocycles. The third-order valence-corrected chi connectivity index (χ3v) is 4.23. The van der Waals surface area contributed by atoms with Crippen molar-refractivity contribution in [3.05, 3.63) is 81.9 Å². The Hall–Kier alpha value is -2.99. The molecule has 138 valence electrons. The molecule has 2 heterocycles. The van der Waals surface area contributed by atoms with Crippen LogP contribution in [0, 0.1) is 0 Å². The Morgan fingerprint density at radius 2 is 1.89 bits per heavy atom. The summed E-state index contributed by atoms with van der Waals surface area (Å²) >= 11 is 5.90. The Labute approximate surface area is 161 Å². The van der Waals surface area contributed by atoms with Gasteiger partial charge in [-0.25, -0.2) is 4.68 Å². The maximum Gasteiger partial charge on any atom is 0.266 e. The summed E-state index contributed by atoms with van der Waals surface area (Å²) in [7, 11) is 0. The number of amides is 1. The quantitative estimate of drug-likeness (QED) is 0.681. The van der Waals surface area contributed by atoms with Crippen LogP contribution in [0.25, 0.3) is 11.3 Å². The van der Waals surface area contributed by atoms with Crippen molar-refractivity contribution in [3.8, 4) is 11.3 Å². The highest BCUT2D eigenvalue weighted by molar-refractivity contribution is 6.30. The van der Waals surface area contributed by atoms with Gasteiger partial charge < -0.3 is 5.32 Å². The Bertz CT molecular complexity index is 956. The fourth-order valence-electron chi connectivity index (χ4n) is 2.55. The lowest BCUT2D eigenvalue weighted by Crippen LogP contribution is -2.25. The van der Waals surface area contributed by atoms with Crippen LogP contribution < -0.4 is 10.9 Å². The first-order valence-corrected chi connectivity index (χ1v) is 9.00. The molecule has 3 aromatic rings. The van der Waals surface area contributed by atoms with Crippen LogP contribution in [0.3, 0.4) is 0 Å². The summed E-state index contributed by atoms with van der Waals surface area (Å²) in [5.74, 6) is -0.0810. The predicted molar refractivity (Wildman–Crippen MR) is 104 cm³/mol. The van der Waals surface area contributed by atoms with Gasteiger partial charge in [-0.2, -0.15) is 5.10 Å². The van der Waals surface area contributed by atoms with Crippen LogP contribution in [0.2, 0.25) is 5.02 Å². The van der Waals surface area contributed by atoms with E-state index in [1.807, 2.05) is 30.3 Å². The van der Waals surface area contributed by atoms with E-state index >= 15 is 0 Å². The average Bonchev–Trinajstić information content (AvgIpc) is 2.69. The third-order valence-electron chi connectivity index (χ3n) is 3.97. The molecule has 0 atom stereocenters. The van der Waals surface area contributed by atoms with Crippen LogP contribution in [-0.4, -0.2) is 20.7 Å². The first kappa shape index (κ1) is 18.8. The van der Waals surface area contributed by atoms with Crippen molar-refractivity contribution in [3.63, 3.8) is 0 Å². The molecule has 3 rings (SSSR count). The fourth-order valence-corrected chi connectivity index (χ4v) is 2.68. The molecule has 0 spiro atoms. The van der Waals surface area contributed by atoms with Gasteiger partial charge in [-0.05, 0) is 36.8 Å². The first-order chi connectivity index (χ1) is 13.1. The zero-order valence-electron chi connectivity index (χ0n) is 14.6. The second-order valence-electron chi connectivity index (χ2n) is 5.99. The van der Waals surface area contributed by atoms with Crippen LogP contribution in [0.15, 0.2) is 65.6 Å². The number of hydrogen-bond acceptors (Lipinski definition) is 4. The highest BCUT2D eigenvalue weighted by Crippen LogP contribution is 2.18. The number of rotatable bonds is 7. The Morgan fingerprint density at radius 1 is 1.07 bits per heavy atom. The van der Waals surface area contributed by atoms with Gasteiger partial charge in [0.05, 0.1) is 17.9 Å². The number of nitrogens with zero attached hydrogens (tertiary/aromatic N) is 3. The topological polar surface area (TPSA) is 76.9 Å². The summed E-state index contributed by atoms with van der Waals surface area (Å²) in [5.41, 5.74) is 2.17. The van der Waals surface area contributed by atoms with Gasteiger partial charge in [0.1, 0.15) is 0 Å². The summed E-state index contributed by atoms with van der Waals surface area (Å²) < 4.78 is 1.38. The van der Waals surface area contributed by atoms with Gasteiger partial charge in [-0.3, -0.25) is 14.6 Å². The summed E-state index contributed by atoms with van der Waals surface area (Å²) in [6.07, 6.45) is 2.52. The van der Waals surface area contributed by atoms with Crippen molar-refractivity contribution in [2.24, 2.45) is 0 Å². The van der Waals surface area contributed by atoms with Crippen molar-refractivity contribution in [2.75, 3.05) is 0 Å². The number of halogens is 1. The van der Waals surface area contributed by atoms with Gasteiger partial charge >= 0.3 is 0 Å². The van der Waals surface area contributed by atoms with Crippen molar-refractivity contribution < 1.29 is 4.79 Å². The Balaban J connectivity index is 1.54. The molecule has 0 aliphatic carbocycles. The zero-order valence-corrected chi connectivity index (χ0v) is 15.4. The minimum Gasteiger partial charge on any atom is -0.350 e. The molecule has 0 bridgehead atoms. The van der Waals surface area contributed by atoms with E-state index in [-0.39, 0.29) is 11.5 Å². The van der Waals surface area contributed by atoms with E-state index in [0.717, 1.165) is 11.3 Å². The van der Waals surface area contributed by atoms with E-state index in [4.69, 9.17) is 11.6 Å². The molecule has 7 heteroatoms. The van der Waals surface area contributed by atoms with Gasteiger partial charge in [0.25, 0.3) is 5.56 Å². The number of carbonyl (C=O) groups excluding carboxylic acids is 1. The number of aromatic nitrogens is 3. The SMILES string of the molecule is O=C(CCCn1nc(-c2ccc(Cl)cc2)ccc1=O)NCc1ccccn1. The molecular weight excluding hydrogens is 364 g/mol. The maximum atomic E-state index is 12.0. The van der Waals surface area contributed by atoms with E-state index in [1.165, 1.54) is 10.7 Å². The minimum atomic E-state index is -0.193. The summed E-state index contributed by atoms with van der Waals surface area (Å²) in [6.45, 7) is 0.765. The van der Waals surface area contributed by atoms with Gasteiger partial charge in [-0.1, -0.05) is 29.8 Å². The number of pyridine rings is 1. The van der Waals surface area contributed by atoms with E-state index in [2.05, 4.69) is 15.4 Å². The van der Waals surface area contributed by atoms with E-state index in [1.54, 1.807) is 24.4 Å². The van der Waals surface area contributed by atoms with Crippen molar-refractivity contribution in [2.45, 2.75) is 25.9 Å². The van der Waals surface area contributed by atoms with Crippen LogP contribution in [0.1, 0.15) is 18.5 Å². The number of hydrogen-bond donors (Lipinski definition) is 1. The smallest absolute Gasteiger partial charge is 0.266 e. The predicted octanol–water partition coefficient (Wildman–Crippen LogP) is 3.06. The molecule has 1 amide bonds. The standard InChI is InChI=1S/C20H19ClN4O2/c21-16-8-6-15(7-9-16)18-10-11-20(27)25(24-18)13-3-5-19(26)23-14-17-4-1-2-12-22-17/h1-2,4,6-12H,3,5,13-14H2,(H,23,26). The molecule has 2 aromatic heterocycles. The summed E-state index contributed by atoms with van der Waals surface area (Å²) in [6, 6.07) is 16.0. The minimum absolute atomic E-state index is 0.0810. The lowest BCUT2D eigenvalue weighted by molar-refractivity contribution is -0.121. The normalized spacial score (nSPS) is 10.6. The molecule has 0 aliphatic heterocycles. The molecule has 6 nitrogen and oxygen atoms in total. The van der Waals surface area contributed by atoms with Gasteiger partial charge in [0.2, 0.25) is 5.91 Å². The van der Waals surface area contributed by atoms with Crippen LogP contribution >= 0.6 is 11.6 Å².